The normalized spacial score (nSPS) is 32.6. The van der Waals surface area contributed by atoms with Crippen molar-refractivity contribution in [2.75, 3.05) is 28.4 Å². The van der Waals surface area contributed by atoms with E-state index in [4.69, 9.17) is 18.9 Å². The van der Waals surface area contributed by atoms with Crippen LogP contribution in [0.2, 0.25) is 0 Å². The van der Waals surface area contributed by atoms with E-state index in [1.54, 1.807) is 0 Å². The van der Waals surface area contributed by atoms with Gasteiger partial charge in [-0.05, 0) is 61.7 Å². The maximum Gasteiger partial charge on any atom is 0.323 e. The molecule has 8 nitrogen and oxygen atoms in total. The Hall–Kier alpha value is -2.38. The van der Waals surface area contributed by atoms with Crippen LogP contribution in [0.3, 0.4) is 0 Å². The smallest absolute Gasteiger partial charge is 0.323 e. The van der Waals surface area contributed by atoms with Gasteiger partial charge in [0, 0.05) is 0 Å². The van der Waals surface area contributed by atoms with Crippen LogP contribution < -0.4 is 0 Å². The first-order valence-electron chi connectivity index (χ1n) is 10.7. The molecule has 4 atom stereocenters. The first kappa shape index (κ1) is 23.3. The highest BCUT2D eigenvalue weighted by Crippen LogP contribution is 2.62. The molecule has 0 amide bonds. The van der Waals surface area contributed by atoms with Gasteiger partial charge < -0.3 is 18.9 Å². The number of ether oxygens (including phenoxy) is 4. The second-order valence-corrected chi connectivity index (χ2v) is 9.35. The Kier molecular flexibility index (Phi) is 6.22. The van der Waals surface area contributed by atoms with Crippen LogP contribution in [-0.2, 0) is 38.1 Å². The summed E-state index contributed by atoms with van der Waals surface area (Å²) in [5.74, 6) is -2.05. The minimum absolute atomic E-state index is 0.00282. The number of hydrogen-bond acceptors (Lipinski definition) is 8. The minimum atomic E-state index is -1.30. The van der Waals surface area contributed by atoms with Gasteiger partial charge in [-0.15, -0.1) is 0 Å². The van der Waals surface area contributed by atoms with Crippen LogP contribution in [0.15, 0.2) is 12.2 Å². The molecule has 2 fully saturated rings. The van der Waals surface area contributed by atoms with Crippen LogP contribution in [0, 0.1) is 34.0 Å². The first-order valence-corrected chi connectivity index (χ1v) is 10.7. The molecule has 0 aromatic heterocycles. The summed E-state index contributed by atoms with van der Waals surface area (Å²) >= 11 is 0. The predicted octanol–water partition coefficient (Wildman–Crippen LogP) is 2.44. The van der Waals surface area contributed by atoms with E-state index in [1.165, 1.54) is 28.4 Å². The number of esters is 4. The maximum absolute atomic E-state index is 12.6. The molecule has 0 saturated heterocycles. The lowest BCUT2D eigenvalue weighted by Crippen LogP contribution is -2.56. The molecule has 31 heavy (non-hydrogen) atoms. The zero-order valence-corrected chi connectivity index (χ0v) is 18.9. The SMILES string of the molecule is COC(=O)C1(C(=O)OC)CC[C@@H]2[C@H](C=C[C@H]3CC(C(=O)OC)(C(=O)OC)CC[C@]23C)C1. The Morgan fingerprint density at radius 1 is 0.710 bits per heavy atom. The van der Waals surface area contributed by atoms with Crippen LogP contribution in [0.1, 0.15) is 45.4 Å². The third-order valence-electron chi connectivity index (χ3n) is 8.23. The highest BCUT2D eigenvalue weighted by molar-refractivity contribution is 6.01. The number of methoxy groups -OCH3 is 4. The van der Waals surface area contributed by atoms with E-state index in [-0.39, 0.29) is 23.2 Å². The minimum Gasteiger partial charge on any atom is -0.468 e. The summed E-state index contributed by atoms with van der Waals surface area (Å²) in [5, 5.41) is 0. The molecule has 8 heteroatoms. The van der Waals surface area contributed by atoms with Gasteiger partial charge in [0.15, 0.2) is 10.8 Å². The Bertz CT molecular complexity index is 767. The summed E-state index contributed by atoms with van der Waals surface area (Å²) < 4.78 is 19.9. The van der Waals surface area contributed by atoms with Gasteiger partial charge in [-0.2, -0.15) is 0 Å². The van der Waals surface area contributed by atoms with Crippen LogP contribution in [0.4, 0.5) is 0 Å². The van der Waals surface area contributed by atoms with Gasteiger partial charge in [0.2, 0.25) is 0 Å². The van der Waals surface area contributed by atoms with E-state index in [0.29, 0.717) is 38.5 Å². The van der Waals surface area contributed by atoms with E-state index in [2.05, 4.69) is 6.92 Å². The summed E-state index contributed by atoms with van der Waals surface area (Å²) in [7, 11) is 5.14. The summed E-state index contributed by atoms with van der Waals surface area (Å²) in [6, 6.07) is 0. The van der Waals surface area contributed by atoms with E-state index >= 15 is 0 Å². The zero-order valence-electron chi connectivity index (χ0n) is 18.9. The molecule has 3 aliphatic carbocycles. The van der Waals surface area contributed by atoms with E-state index in [1.807, 2.05) is 12.2 Å². The maximum atomic E-state index is 12.6. The van der Waals surface area contributed by atoms with Crippen molar-refractivity contribution in [1.82, 2.24) is 0 Å². The molecule has 0 bridgehead atoms. The highest BCUT2D eigenvalue weighted by Gasteiger charge is 2.62. The second-order valence-electron chi connectivity index (χ2n) is 9.35. The summed E-state index contributed by atoms with van der Waals surface area (Å²) in [6.07, 6.45) is 6.69. The van der Waals surface area contributed by atoms with E-state index < -0.39 is 34.7 Å². The van der Waals surface area contributed by atoms with Gasteiger partial charge in [0.05, 0.1) is 28.4 Å². The molecule has 0 unspecified atom stereocenters. The number of rotatable bonds is 4. The molecule has 0 radical (unpaired) electrons. The molecule has 3 aliphatic rings. The fourth-order valence-corrected chi connectivity index (χ4v) is 6.38. The van der Waals surface area contributed by atoms with Crippen molar-refractivity contribution in [3.05, 3.63) is 12.2 Å². The Balaban J connectivity index is 1.93. The monoisotopic (exact) mass is 436 g/mol. The Labute approximate surface area is 182 Å². The highest BCUT2D eigenvalue weighted by atomic mass is 16.6. The fraction of sp³-hybridized carbons (Fsp3) is 0.739. The number of fused-ring (bicyclic) bond motifs is 3. The van der Waals surface area contributed by atoms with Crippen LogP contribution in [0.25, 0.3) is 0 Å². The van der Waals surface area contributed by atoms with E-state index in [9.17, 15) is 19.2 Å². The lowest BCUT2D eigenvalue weighted by atomic mass is 9.47. The topological polar surface area (TPSA) is 105 Å². The molecule has 172 valence electrons. The molecule has 0 aromatic carbocycles. The van der Waals surface area contributed by atoms with Gasteiger partial charge in [0.1, 0.15) is 0 Å². The van der Waals surface area contributed by atoms with Crippen molar-refractivity contribution in [1.29, 1.82) is 0 Å². The van der Waals surface area contributed by atoms with Crippen molar-refractivity contribution in [2.45, 2.75) is 45.4 Å². The molecule has 0 aliphatic heterocycles. The molecular formula is C23H32O8. The third kappa shape index (κ3) is 3.34. The lowest BCUT2D eigenvalue weighted by Gasteiger charge is -2.57. The van der Waals surface area contributed by atoms with Gasteiger partial charge in [-0.25, -0.2) is 0 Å². The lowest BCUT2D eigenvalue weighted by molar-refractivity contribution is -0.182. The first-order chi connectivity index (χ1) is 14.6. The van der Waals surface area contributed by atoms with Crippen molar-refractivity contribution in [3.63, 3.8) is 0 Å². The van der Waals surface area contributed by atoms with Crippen LogP contribution in [0.5, 0.6) is 0 Å². The standard InChI is InChI=1S/C23H32O8/c1-21-10-11-23(19(26)30-4,20(27)31-5)13-15(21)7-6-14-12-22(17(24)28-2,18(25)29-3)9-8-16(14)21/h6-7,14-16H,8-13H2,1-5H3/t14-,15+,16-,21+/m1/s1. The second kappa shape index (κ2) is 8.28. The van der Waals surface area contributed by atoms with Gasteiger partial charge in [-0.3, -0.25) is 19.2 Å². The van der Waals surface area contributed by atoms with Crippen LogP contribution >= 0.6 is 0 Å². The summed E-state index contributed by atoms with van der Waals surface area (Å²) in [5.41, 5.74) is -2.78. The molecule has 0 heterocycles. The van der Waals surface area contributed by atoms with Crippen molar-refractivity contribution in [2.24, 2.45) is 34.0 Å². The quantitative estimate of drug-likeness (QED) is 0.286. The Morgan fingerprint density at radius 2 is 1.19 bits per heavy atom. The third-order valence-corrected chi connectivity index (χ3v) is 8.23. The largest absolute Gasteiger partial charge is 0.468 e. The van der Waals surface area contributed by atoms with Gasteiger partial charge in [-0.1, -0.05) is 19.1 Å². The van der Waals surface area contributed by atoms with Gasteiger partial charge >= 0.3 is 23.9 Å². The molecule has 3 rings (SSSR count). The van der Waals surface area contributed by atoms with Crippen molar-refractivity contribution >= 4 is 23.9 Å². The molecular weight excluding hydrogens is 404 g/mol. The summed E-state index contributed by atoms with van der Waals surface area (Å²) in [4.78, 5) is 50.4. The van der Waals surface area contributed by atoms with E-state index in [0.717, 1.165) is 0 Å². The summed E-state index contributed by atoms with van der Waals surface area (Å²) in [6.45, 7) is 2.18. The molecule has 0 N–H and O–H groups in total. The number of allylic oxidation sites excluding steroid dienone is 2. The Morgan fingerprint density at radius 3 is 1.68 bits per heavy atom. The molecule has 0 spiro atoms. The van der Waals surface area contributed by atoms with Crippen molar-refractivity contribution in [3.8, 4) is 0 Å². The number of carbonyl (C=O) groups excluding carboxylic acids is 4. The average molecular weight is 437 g/mol. The molecule has 0 aromatic rings. The van der Waals surface area contributed by atoms with Gasteiger partial charge in [0.25, 0.3) is 0 Å². The van der Waals surface area contributed by atoms with Crippen molar-refractivity contribution < 1.29 is 38.1 Å². The molecule has 2 saturated carbocycles. The van der Waals surface area contributed by atoms with Crippen LogP contribution in [-0.4, -0.2) is 52.3 Å². The number of carbonyl (C=O) groups is 4. The fourth-order valence-electron chi connectivity index (χ4n) is 6.38. The number of hydrogen-bond donors (Lipinski definition) is 0. The average Bonchev–Trinajstić information content (AvgIpc) is 2.80. The zero-order chi connectivity index (χ0) is 23.0. The predicted molar refractivity (Wildman–Crippen MR) is 108 cm³/mol.